The summed E-state index contributed by atoms with van der Waals surface area (Å²) in [5, 5.41) is 11.1. The Morgan fingerprint density at radius 3 is 2.33 bits per heavy atom. The number of anilines is 1. The molecule has 0 amide bonds. The number of nitro groups is 1. The number of rotatable bonds is 8. The number of hydrogen-bond donors (Lipinski definition) is 0. The van der Waals surface area contributed by atoms with Crippen LogP contribution in [0.4, 0.5) is 15.8 Å². The monoisotopic (exact) mass is 396 g/mol. The molecule has 0 N–H and O–H groups in total. The topological polar surface area (TPSA) is 99.0 Å². The van der Waals surface area contributed by atoms with Crippen molar-refractivity contribution in [3.05, 3.63) is 65.0 Å². The van der Waals surface area contributed by atoms with Crippen LogP contribution in [0.5, 0.6) is 11.5 Å². The van der Waals surface area contributed by atoms with E-state index >= 15 is 0 Å². The van der Waals surface area contributed by atoms with Crippen molar-refractivity contribution < 1.29 is 27.2 Å². The van der Waals surface area contributed by atoms with Crippen LogP contribution < -0.4 is 13.8 Å². The summed E-state index contributed by atoms with van der Waals surface area (Å²) in [7, 11) is -1.72. The van der Waals surface area contributed by atoms with E-state index in [0.717, 1.165) is 16.4 Å². The van der Waals surface area contributed by atoms with Crippen LogP contribution >= 0.6 is 0 Å². The van der Waals surface area contributed by atoms with Crippen LogP contribution in [0.3, 0.4) is 0 Å². The number of halogens is 1. The first-order valence-electron chi connectivity index (χ1n) is 7.55. The molecule has 2 aromatic carbocycles. The predicted octanol–water partition coefficient (Wildman–Crippen LogP) is 3.13. The minimum Gasteiger partial charge on any atom is -0.495 e. The summed E-state index contributed by atoms with van der Waals surface area (Å²) < 4.78 is 50.9. The molecule has 0 aliphatic rings. The zero-order valence-electron chi connectivity index (χ0n) is 14.6. The maximum absolute atomic E-state index is 14.0. The fourth-order valence-electron chi connectivity index (χ4n) is 2.36. The first-order valence-corrected chi connectivity index (χ1v) is 8.99. The summed E-state index contributed by atoms with van der Waals surface area (Å²) in [6.07, 6.45) is 1.30. The summed E-state index contributed by atoms with van der Waals surface area (Å²) >= 11 is 0. The minimum atomic E-state index is -4.27. The van der Waals surface area contributed by atoms with Gasteiger partial charge in [0.2, 0.25) is 0 Å². The molecule has 0 fully saturated rings. The summed E-state index contributed by atoms with van der Waals surface area (Å²) in [5.41, 5.74) is -0.390. The fraction of sp³-hybridized carbons (Fsp3) is 0.176. The molecule has 0 saturated carbocycles. The second-order valence-corrected chi connectivity index (χ2v) is 7.10. The van der Waals surface area contributed by atoms with Crippen molar-refractivity contribution in [3.8, 4) is 11.5 Å². The van der Waals surface area contributed by atoms with E-state index in [9.17, 15) is 22.9 Å². The summed E-state index contributed by atoms with van der Waals surface area (Å²) in [5.74, 6) is -0.875. The Balaban J connectivity index is 2.66. The zero-order chi connectivity index (χ0) is 20.2. The highest BCUT2D eigenvalue weighted by Gasteiger charge is 2.29. The second kappa shape index (κ2) is 8.04. The van der Waals surface area contributed by atoms with Crippen LogP contribution in [0.15, 0.2) is 53.9 Å². The molecule has 2 rings (SSSR count). The van der Waals surface area contributed by atoms with Crippen LogP contribution in [0.25, 0.3) is 0 Å². The van der Waals surface area contributed by atoms with Crippen molar-refractivity contribution in [2.45, 2.75) is 4.90 Å². The molecule has 0 unspecified atom stereocenters. The quantitative estimate of drug-likeness (QED) is 0.386. The van der Waals surface area contributed by atoms with E-state index in [-0.39, 0.29) is 34.3 Å². The second-order valence-electron chi connectivity index (χ2n) is 5.23. The lowest BCUT2D eigenvalue weighted by Crippen LogP contribution is -2.31. The number of benzene rings is 2. The lowest BCUT2D eigenvalue weighted by atomic mass is 10.2. The van der Waals surface area contributed by atoms with Gasteiger partial charge >= 0.3 is 0 Å². The van der Waals surface area contributed by atoms with E-state index in [1.165, 1.54) is 44.6 Å². The predicted molar refractivity (Wildman–Crippen MR) is 97.3 cm³/mol. The van der Waals surface area contributed by atoms with Crippen molar-refractivity contribution in [2.24, 2.45) is 0 Å². The van der Waals surface area contributed by atoms with Gasteiger partial charge < -0.3 is 9.47 Å². The SMILES string of the molecule is C=CCN(c1cc([N+](=O)[O-])ccc1OC)S(=O)(=O)c1ccc(OC)c(F)c1. The van der Waals surface area contributed by atoms with Gasteiger partial charge in [-0.15, -0.1) is 6.58 Å². The van der Waals surface area contributed by atoms with Gasteiger partial charge in [-0.1, -0.05) is 6.08 Å². The molecule has 0 heterocycles. The average molecular weight is 396 g/mol. The molecule has 0 aromatic heterocycles. The summed E-state index contributed by atoms with van der Waals surface area (Å²) in [6, 6.07) is 6.71. The summed E-state index contributed by atoms with van der Waals surface area (Å²) in [4.78, 5) is 10.1. The van der Waals surface area contributed by atoms with E-state index in [4.69, 9.17) is 9.47 Å². The van der Waals surface area contributed by atoms with E-state index in [1.807, 2.05) is 0 Å². The Kier molecular flexibility index (Phi) is 6.01. The molecule has 0 aliphatic heterocycles. The molecule has 27 heavy (non-hydrogen) atoms. The van der Waals surface area contributed by atoms with Gasteiger partial charge in [-0.2, -0.15) is 0 Å². The van der Waals surface area contributed by atoms with E-state index in [1.54, 1.807) is 0 Å². The van der Waals surface area contributed by atoms with Crippen LogP contribution in [0, 0.1) is 15.9 Å². The highest BCUT2D eigenvalue weighted by Crippen LogP contribution is 2.36. The molecule has 0 atom stereocenters. The van der Waals surface area contributed by atoms with Crippen LogP contribution in [0.2, 0.25) is 0 Å². The molecule has 144 valence electrons. The van der Waals surface area contributed by atoms with Gasteiger partial charge in [0.15, 0.2) is 11.6 Å². The Morgan fingerprint density at radius 1 is 1.19 bits per heavy atom. The number of ether oxygens (including phenoxy) is 2. The first-order chi connectivity index (χ1) is 12.8. The maximum atomic E-state index is 14.0. The van der Waals surface area contributed by atoms with Gasteiger partial charge in [-0.25, -0.2) is 12.8 Å². The molecule has 0 saturated heterocycles. The normalized spacial score (nSPS) is 10.9. The zero-order valence-corrected chi connectivity index (χ0v) is 15.4. The standard InChI is InChI=1S/C17H17FN2O6S/c1-4-9-19(15-10-12(20(21)22)5-7-17(15)26-3)27(23,24)13-6-8-16(25-2)14(18)11-13/h4-8,10-11H,1,9H2,2-3H3. The molecule has 8 nitrogen and oxygen atoms in total. The van der Waals surface area contributed by atoms with Crippen molar-refractivity contribution in [2.75, 3.05) is 25.1 Å². The first kappa shape index (κ1) is 20.2. The van der Waals surface area contributed by atoms with Crippen molar-refractivity contribution in [1.29, 1.82) is 0 Å². The number of methoxy groups -OCH3 is 2. The minimum absolute atomic E-state index is 0.0668. The van der Waals surface area contributed by atoms with Crippen molar-refractivity contribution >= 4 is 21.4 Å². The smallest absolute Gasteiger partial charge is 0.271 e. The molecule has 0 radical (unpaired) electrons. The number of sulfonamides is 1. The molecule has 0 aliphatic carbocycles. The Bertz CT molecular complexity index is 977. The van der Waals surface area contributed by atoms with Gasteiger partial charge in [0, 0.05) is 12.1 Å². The Morgan fingerprint density at radius 2 is 1.81 bits per heavy atom. The number of hydrogen-bond acceptors (Lipinski definition) is 6. The maximum Gasteiger partial charge on any atom is 0.271 e. The lowest BCUT2D eigenvalue weighted by Gasteiger charge is -2.24. The third-order valence-electron chi connectivity index (χ3n) is 3.65. The van der Waals surface area contributed by atoms with Gasteiger partial charge in [0.25, 0.3) is 15.7 Å². The fourth-order valence-corrected chi connectivity index (χ4v) is 3.82. The molecule has 2 aromatic rings. The highest BCUT2D eigenvalue weighted by molar-refractivity contribution is 7.92. The van der Waals surface area contributed by atoms with Gasteiger partial charge in [-0.05, 0) is 24.3 Å². The van der Waals surface area contributed by atoms with E-state index in [2.05, 4.69) is 6.58 Å². The number of nitro benzene ring substituents is 1. The van der Waals surface area contributed by atoms with Crippen LogP contribution in [0.1, 0.15) is 0 Å². The van der Waals surface area contributed by atoms with Crippen LogP contribution in [-0.4, -0.2) is 34.1 Å². The van der Waals surface area contributed by atoms with Gasteiger partial charge in [0.1, 0.15) is 11.4 Å². The molecular formula is C17H17FN2O6S. The number of non-ortho nitro benzene ring substituents is 1. The average Bonchev–Trinajstić information content (AvgIpc) is 2.65. The van der Waals surface area contributed by atoms with Crippen molar-refractivity contribution in [3.63, 3.8) is 0 Å². The lowest BCUT2D eigenvalue weighted by molar-refractivity contribution is -0.384. The van der Waals surface area contributed by atoms with E-state index in [0.29, 0.717) is 0 Å². The third kappa shape index (κ3) is 4.00. The largest absolute Gasteiger partial charge is 0.495 e. The van der Waals surface area contributed by atoms with Crippen LogP contribution in [-0.2, 0) is 10.0 Å². The molecule has 0 spiro atoms. The summed E-state index contributed by atoms with van der Waals surface area (Å²) in [6.45, 7) is 3.30. The molecular weight excluding hydrogens is 379 g/mol. The molecule has 10 heteroatoms. The van der Waals surface area contributed by atoms with Gasteiger partial charge in [0.05, 0.1) is 30.6 Å². The number of nitrogens with zero attached hydrogens (tertiary/aromatic N) is 2. The van der Waals surface area contributed by atoms with E-state index < -0.39 is 20.8 Å². The third-order valence-corrected chi connectivity index (χ3v) is 5.42. The Hall–Kier alpha value is -3.14. The molecule has 0 bridgehead atoms. The van der Waals surface area contributed by atoms with Gasteiger partial charge in [-0.3, -0.25) is 14.4 Å². The van der Waals surface area contributed by atoms with Crippen molar-refractivity contribution in [1.82, 2.24) is 0 Å². The highest BCUT2D eigenvalue weighted by atomic mass is 32.2. The Labute approximate surface area is 155 Å².